The van der Waals surface area contributed by atoms with Gasteiger partial charge in [0, 0.05) is 12.3 Å². The van der Waals surface area contributed by atoms with E-state index in [9.17, 15) is 9.59 Å². The van der Waals surface area contributed by atoms with Gasteiger partial charge in [0.15, 0.2) is 0 Å². The van der Waals surface area contributed by atoms with Crippen LogP contribution in [0.4, 0.5) is 5.13 Å². The van der Waals surface area contributed by atoms with E-state index in [1.54, 1.807) is 6.20 Å². The SMILES string of the molecule is Cc1nnc(NC(=O)c2ccc(=O)n(Cc3ccccc3)c2)s1. The van der Waals surface area contributed by atoms with Crippen LogP contribution in [0, 0.1) is 6.92 Å². The fourth-order valence-corrected chi connectivity index (χ4v) is 2.67. The molecule has 0 fully saturated rings. The lowest BCUT2D eigenvalue weighted by Gasteiger charge is -2.08. The summed E-state index contributed by atoms with van der Waals surface area (Å²) in [6.07, 6.45) is 1.55. The van der Waals surface area contributed by atoms with Crippen LogP contribution < -0.4 is 10.9 Å². The number of hydrogen-bond donors (Lipinski definition) is 1. The van der Waals surface area contributed by atoms with Crippen molar-refractivity contribution in [3.8, 4) is 0 Å². The van der Waals surface area contributed by atoms with Crippen molar-refractivity contribution in [1.82, 2.24) is 14.8 Å². The summed E-state index contributed by atoms with van der Waals surface area (Å²) in [5, 5.41) is 11.6. The average Bonchev–Trinajstić information content (AvgIpc) is 2.95. The largest absolute Gasteiger partial charge is 0.310 e. The Morgan fingerprint density at radius 1 is 1.17 bits per heavy atom. The number of rotatable bonds is 4. The van der Waals surface area contributed by atoms with Gasteiger partial charge in [-0.1, -0.05) is 41.7 Å². The summed E-state index contributed by atoms with van der Waals surface area (Å²) in [5.41, 5.74) is 1.23. The number of nitrogens with one attached hydrogen (secondary N) is 1. The number of aromatic nitrogens is 3. The fourth-order valence-electron chi connectivity index (χ4n) is 2.09. The van der Waals surface area contributed by atoms with Crippen LogP contribution in [-0.2, 0) is 6.54 Å². The van der Waals surface area contributed by atoms with E-state index in [0.29, 0.717) is 17.2 Å². The Labute approximate surface area is 136 Å². The number of carbonyl (C=O) groups excluding carboxylic acids is 1. The van der Waals surface area contributed by atoms with Gasteiger partial charge < -0.3 is 4.57 Å². The van der Waals surface area contributed by atoms with E-state index >= 15 is 0 Å². The molecule has 1 N–H and O–H groups in total. The summed E-state index contributed by atoms with van der Waals surface area (Å²) in [5.74, 6) is -0.317. The Hall–Kier alpha value is -2.80. The molecule has 0 spiro atoms. The number of pyridine rings is 1. The highest BCUT2D eigenvalue weighted by Gasteiger charge is 2.10. The predicted octanol–water partition coefficient (Wildman–Crippen LogP) is 2.31. The maximum absolute atomic E-state index is 12.3. The molecule has 6 nitrogen and oxygen atoms in total. The van der Waals surface area contributed by atoms with Crippen molar-refractivity contribution in [2.75, 3.05) is 5.32 Å². The zero-order valence-corrected chi connectivity index (χ0v) is 13.2. The zero-order valence-electron chi connectivity index (χ0n) is 12.4. The first-order chi connectivity index (χ1) is 11.1. The van der Waals surface area contributed by atoms with Crippen LogP contribution in [0.3, 0.4) is 0 Å². The second kappa shape index (κ2) is 6.53. The van der Waals surface area contributed by atoms with Crippen LogP contribution in [0.2, 0.25) is 0 Å². The standard InChI is InChI=1S/C16H14N4O2S/c1-11-18-19-16(23-11)17-15(22)13-7-8-14(21)20(10-13)9-12-5-3-2-4-6-12/h2-8,10H,9H2,1H3,(H,17,19,22). The second-order valence-electron chi connectivity index (χ2n) is 4.95. The lowest BCUT2D eigenvalue weighted by Crippen LogP contribution is -2.22. The average molecular weight is 326 g/mol. The zero-order chi connectivity index (χ0) is 16.2. The minimum Gasteiger partial charge on any atom is -0.310 e. The molecular formula is C16H14N4O2S. The number of amides is 1. The minimum atomic E-state index is -0.317. The molecule has 2 heterocycles. The van der Waals surface area contributed by atoms with E-state index < -0.39 is 0 Å². The molecule has 7 heteroatoms. The van der Waals surface area contributed by atoms with Crippen molar-refractivity contribution in [1.29, 1.82) is 0 Å². The molecule has 0 bridgehead atoms. The van der Waals surface area contributed by atoms with Crippen LogP contribution in [0.25, 0.3) is 0 Å². The molecule has 0 unspecified atom stereocenters. The van der Waals surface area contributed by atoms with Crippen LogP contribution in [0.15, 0.2) is 53.5 Å². The third kappa shape index (κ3) is 3.70. The highest BCUT2D eigenvalue weighted by molar-refractivity contribution is 7.15. The molecule has 116 valence electrons. The Kier molecular flexibility index (Phi) is 4.29. The van der Waals surface area contributed by atoms with Gasteiger partial charge in [0.25, 0.3) is 11.5 Å². The molecule has 1 aromatic carbocycles. The lowest BCUT2D eigenvalue weighted by molar-refractivity contribution is 0.102. The Balaban J connectivity index is 1.82. The van der Waals surface area contributed by atoms with Gasteiger partial charge in [-0.05, 0) is 18.6 Å². The van der Waals surface area contributed by atoms with Crippen molar-refractivity contribution in [3.63, 3.8) is 0 Å². The quantitative estimate of drug-likeness (QED) is 0.798. The van der Waals surface area contributed by atoms with Gasteiger partial charge in [0.2, 0.25) is 5.13 Å². The Morgan fingerprint density at radius 3 is 2.65 bits per heavy atom. The van der Waals surface area contributed by atoms with E-state index in [2.05, 4.69) is 15.5 Å². The third-order valence-corrected chi connectivity index (χ3v) is 3.94. The van der Waals surface area contributed by atoms with Crippen molar-refractivity contribution >= 4 is 22.4 Å². The van der Waals surface area contributed by atoms with Crippen LogP contribution >= 0.6 is 11.3 Å². The van der Waals surface area contributed by atoms with Crippen LogP contribution in [0.1, 0.15) is 20.9 Å². The molecule has 1 amide bonds. The number of anilines is 1. The van der Waals surface area contributed by atoms with E-state index in [1.807, 2.05) is 37.3 Å². The van der Waals surface area contributed by atoms with Crippen molar-refractivity contribution in [2.24, 2.45) is 0 Å². The smallest absolute Gasteiger partial charge is 0.258 e. The molecular weight excluding hydrogens is 312 g/mol. The maximum Gasteiger partial charge on any atom is 0.258 e. The first kappa shape index (κ1) is 15.1. The monoisotopic (exact) mass is 326 g/mol. The third-order valence-electron chi connectivity index (χ3n) is 3.19. The molecule has 23 heavy (non-hydrogen) atoms. The van der Waals surface area contributed by atoms with Gasteiger partial charge in [-0.3, -0.25) is 14.9 Å². The number of carbonyl (C=O) groups is 1. The molecule has 0 aliphatic rings. The molecule has 3 aromatic rings. The Morgan fingerprint density at radius 2 is 1.96 bits per heavy atom. The summed E-state index contributed by atoms with van der Waals surface area (Å²) in [6.45, 7) is 2.23. The van der Waals surface area contributed by atoms with Crippen molar-refractivity contribution in [3.05, 3.63) is 75.1 Å². The van der Waals surface area contributed by atoms with E-state index in [1.165, 1.54) is 28.0 Å². The van der Waals surface area contributed by atoms with Gasteiger partial charge in [-0.25, -0.2) is 0 Å². The first-order valence-electron chi connectivity index (χ1n) is 6.98. The highest BCUT2D eigenvalue weighted by atomic mass is 32.1. The normalized spacial score (nSPS) is 10.5. The molecule has 2 aromatic heterocycles. The van der Waals surface area contributed by atoms with Gasteiger partial charge in [-0.2, -0.15) is 0 Å². The summed E-state index contributed by atoms with van der Waals surface area (Å²) < 4.78 is 1.51. The van der Waals surface area contributed by atoms with Crippen molar-refractivity contribution in [2.45, 2.75) is 13.5 Å². The van der Waals surface area contributed by atoms with Gasteiger partial charge >= 0.3 is 0 Å². The molecule has 0 aliphatic carbocycles. The summed E-state index contributed by atoms with van der Waals surface area (Å²) >= 11 is 1.30. The van der Waals surface area contributed by atoms with Gasteiger partial charge in [-0.15, -0.1) is 10.2 Å². The molecule has 0 saturated heterocycles. The predicted molar refractivity (Wildman–Crippen MR) is 88.8 cm³/mol. The van der Waals surface area contributed by atoms with Crippen LogP contribution in [0.5, 0.6) is 0 Å². The number of aryl methyl sites for hydroxylation is 1. The second-order valence-corrected chi connectivity index (χ2v) is 6.13. The Bertz CT molecular complexity index is 886. The molecule has 0 radical (unpaired) electrons. The number of benzene rings is 1. The fraction of sp³-hybridized carbons (Fsp3) is 0.125. The molecule has 0 atom stereocenters. The summed E-state index contributed by atoms with van der Waals surface area (Å²) in [6, 6.07) is 12.5. The van der Waals surface area contributed by atoms with E-state index in [-0.39, 0.29) is 11.5 Å². The minimum absolute atomic E-state index is 0.155. The van der Waals surface area contributed by atoms with E-state index in [4.69, 9.17) is 0 Å². The maximum atomic E-state index is 12.3. The van der Waals surface area contributed by atoms with E-state index in [0.717, 1.165) is 10.6 Å². The molecule has 0 aliphatic heterocycles. The topological polar surface area (TPSA) is 76.9 Å². The highest BCUT2D eigenvalue weighted by Crippen LogP contribution is 2.14. The van der Waals surface area contributed by atoms with Gasteiger partial charge in [0.05, 0.1) is 12.1 Å². The van der Waals surface area contributed by atoms with Crippen molar-refractivity contribution < 1.29 is 4.79 Å². The lowest BCUT2D eigenvalue weighted by atomic mass is 10.2. The first-order valence-corrected chi connectivity index (χ1v) is 7.79. The van der Waals surface area contributed by atoms with Gasteiger partial charge in [0.1, 0.15) is 5.01 Å². The number of nitrogens with zero attached hydrogens (tertiary/aromatic N) is 3. The molecule has 0 saturated carbocycles. The summed E-state index contributed by atoms with van der Waals surface area (Å²) in [4.78, 5) is 24.2. The van der Waals surface area contributed by atoms with Crippen LogP contribution in [-0.4, -0.2) is 20.7 Å². The molecule has 3 rings (SSSR count). The number of hydrogen-bond acceptors (Lipinski definition) is 5. The summed E-state index contributed by atoms with van der Waals surface area (Å²) in [7, 11) is 0.